The first kappa shape index (κ1) is 13.6. The van der Waals surface area contributed by atoms with E-state index < -0.39 is 0 Å². The number of hydrogen-bond acceptors (Lipinski definition) is 3. The standard InChI is InChI=1S/C15H21N3O/c1-11(17-12(2)15-9-10-16-18-15)3-4-13-5-7-14(19)8-6-13/h5-12,17,19H,3-4H2,1-2H3,(H,16,18). The first-order chi connectivity index (χ1) is 9.15. The van der Waals surface area contributed by atoms with E-state index in [1.165, 1.54) is 5.56 Å². The van der Waals surface area contributed by atoms with Crippen molar-refractivity contribution in [2.75, 3.05) is 0 Å². The van der Waals surface area contributed by atoms with Crippen molar-refractivity contribution < 1.29 is 5.11 Å². The van der Waals surface area contributed by atoms with Gasteiger partial charge in [0.2, 0.25) is 0 Å². The zero-order valence-electron chi connectivity index (χ0n) is 11.4. The van der Waals surface area contributed by atoms with Gasteiger partial charge in [-0.25, -0.2) is 0 Å². The quantitative estimate of drug-likeness (QED) is 0.747. The average molecular weight is 259 g/mol. The Morgan fingerprint density at radius 2 is 1.95 bits per heavy atom. The van der Waals surface area contributed by atoms with Gasteiger partial charge in [-0.1, -0.05) is 12.1 Å². The molecule has 1 aromatic heterocycles. The van der Waals surface area contributed by atoms with Gasteiger partial charge in [-0.3, -0.25) is 5.10 Å². The average Bonchev–Trinajstić information content (AvgIpc) is 2.92. The van der Waals surface area contributed by atoms with Crippen LogP contribution in [0.2, 0.25) is 0 Å². The number of benzene rings is 1. The molecule has 0 radical (unpaired) electrons. The van der Waals surface area contributed by atoms with Gasteiger partial charge in [-0.2, -0.15) is 5.10 Å². The molecule has 1 aromatic carbocycles. The Kier molecular flexibility index (Phi) is 4.58. The van der Waals surface area contributed by atoms with Crippen LogP contribution in [-0.4, -0.2) is 21.3 Å². The summed E-state index contributed by atoms with van der Waals surface area (Å²) in [5.74, 6) is 0.322. The molecule has 2 atom stereocenters. The number of aromatic nitrogens is 2. The Bertz CT molecular complexity index is 479. The fourth-order valence-electron chi connectivity index (χ4n) is 2.15. The number of nitrogens with zero attached hydrogens (tertiary/aromatic N) is 1. The van der Waals surface area contributed by atoms with Gasteiger partial charge in [0.15, 0.2) is 0 Å². The van der Waals surface area contributed by atoms with Crippen molar-refractivity contribution in [1.82, 2.24) is 15.5 Å². The largest absolute Gasteiger partial charge is 0.508 e. The van der Waals surface area contributed by atoms with Gasteiger partial charge < -0.3 is 10.4 Å². The second-order valence-corrected chi connectivity index (χ2v) is 5.01. The topological polar surface area (TPSA) is 60.9 Å². The molecule has 3 N–H and O–H groups in total. The summed E-state index contributed by atoms with van der Waals surface area (Å²) in [7, 11) is 0. The van der Waals surface area contributed by atoms with E-state index in [1.54, 1.807) is 18.3 Å². The SMILES string of the molecule is CC(CCc1ccc(O)cc1)NC(C)c1ccn[nH]1. The summed E-state index contributed by atoms with van der Waals surface area (Å²) < 4.78 is 0. The fourth-order valence-corrected chi connectivity index (χ4v) is 2.15. The lowest BCUT2D eigenvalue weighted by Crippen LogP contribution is -2.29. The second-order valence-electron chi connectivity index (χ2n) is 5.01. The molecule has 19 heavy (non-hydrogen) atoms. The van der Waals surface area contributed by atoms with Gasteiger partial charge in [0.25, 0.3) is 0 Å². The Morgan fingerprint density at radius 1 is 1.21 bits per heavy atom. The number of aromatic amines is 1. The molecule has 0 aliphatic rings. The van der Waals surface area contributed by atoms with Crippen LogP contribution in [0, 0.1) is 0 Å². The molecule has 1 heterocycles. The number of phenolic OH excluding ortho intramolecular Hbond substituents is 1. The molecule has 2 rings (SSSR count). The summed E-state index contributed by atoms with van der Waals surface area (Å²) in [6.07, 6.45) is 3.84. The van der Waals surface area contributed by atoms with Crippen molar-refractivity contribution in [3.05, 3.63) is 47.8 Å². The Morgan fingerprint density at radius 3 is 2.58 bits per heavy atom. The van der Waals surface area contributed by atoms with Crippen molar-refractivity contribution in [1.29, 1.82) is 0 Å². The van der Waals surface area contributed by atoms with E-state index in [1.807, 2.05) is 18.2 Å². The molecule has 0 aliphatic heterocycles. The third kappa shape index (κ3) is 4.10. The first-order valence-corrected chi connectivity index (χ1v) is 6.68. The Balaban J connectivity index is 1.78. The smallest absolute Gasteiger partial charge is 0.115 e. The Hall–Kier alpha value is -1.81. The number of aryl methyl sites for hydroxylation is 1. The zero-order chi connectivity index (χ0) is 13.7. The van der Waals surface area contributed by atoms with E-state index in [0.29, 0.717) is 11.8 Å². The molecular weight excluding hydrogens is 238 g/mol. The molecule has 0 bridgehead atoms. The zero-order valence-corrected chi connectivity index (χ0v) is 11.4. The summed E-state index contributed by atoms with van der Waals surface area (Å²) in [6.45, 7) is 4.32. The molecule has 0 saturated carbocycles. The van der Waals surface area contributed by atoms with Crippen molar-refractivity contribution in [2.24, 2.45) is 0 Å². The highest BCUT2D eigenvalue weighted by Gasteiger charge is 2.10. The molecule has 102 valence electrons. The fraction of sp³-hybridized carbons (Fsp3) is 0.400. The monoisotopic (exact) mass is 259 g/mol. The van der Waals surface area contributed by atoms with Crippen LogP contribution in [0.4, 0.5) is 0 Å². The van der Waals surface area contributed by atoms with Gasteiger partial charge >= 0.3 is 0 Å². The van der Waals surface area contributed by atoms with Crippen molar-refractivity contribution in [3.8, 4) is 5.75 Å². The Labute approximate surface area is 113 Å². The molecule has 0 aliphatic carbocycles. The molecule has 0 saturated heterocycles. The predicted octanol–water partition coefficient (Wildman–Crippen LogP) is 2.79. The molecule has 2 aromatic rings. The third-order valence-corrected chi connectivity index (χ3v) is 3.33. The molecule has 0 amide bonds. The maximum absolute atomic E-state index is 9.24. The molecular formula is C15H21N3O. The number of phenols is 1. The highest BCUT2D eigenvalue weighted by atomic mass is 16.3. The second kappa shape index (κ2) is 6.38. The van der Waals surface area contributed by atoms with Gasteiger partial charge in [0, 0.05) is 18.3 Å². The van der Waals surface area contributed by atoms with E-state index >= 15 is 0 Å². The normalized spacial score (nSPS) is 14.2. The number of nitrogens with one attached hydrogen (secondary N) is 2. The lowest BCUT2D eigenvalue weighted by atomic mass is 10.1. The van der Waals surface area contributed by atoms with Crippen molar-refractivity contribution >= 4 is 0 Å². The minimum atomic E-state index is 0.275. The lowest BCUT2D eigenvalue weighted by molar-refractivity contribution is 0.449. The van der Waals surface area contributed by atoms with Gasteiger partial charge in [-0.05, 0) is 50.5 Å². The maximum Gasteiger partial charge on any atom is 0.115 e. The summed E-state index contributed by atoms with van der Waals surface area (Å²) in [5.41, 5.74) is 2.36. The highest BCUT2D eigenvalue weighted by Crippen LogP contribution is 2.14. The van der Waals surface area contributed by atoms with E-state index in [-0.39, 0.29) is 6.04 Å². The molecule has 2 unspecified atom stereocenters. The third-order valence-electron chi connectivity index (χ3n) is 3.33. The van der Waals surface area contributed by atoms with Crippen LogP contribution in [0.1, 0.15) is 37.6 Å². The predicted molar refractivity (Wildman–Crippen MR) is 76.0 cm³/mol. The van der Waals surface area contributed by atoms with Crippen LogP contribution in [0.15, 0.2) is 36.5 Å². The van der Waals surface area contributed by atoms with E-state index in [9.17, 15) is 5.11 Å². The van der Waals surface area contributed by atoms with Crippen LogP contribution in [0.25, 0.3) is 0 Å². The van der Waals surface area contributed by atoms with Gasteiger partial charge in [0.1, 0.15) is 5.75 Å². The molecule has 0 spiro atoms. The van der Waals surface area contributed by atoms with Crippen molar-refractivity contribution in [2.45, 2.75) is 38.8 Å². The van der Waals surface area contributed by atoms with E-state index in [2.05, 4.69) is 29.4 Å². The van der Waals surface area contributed by atoms with Gasteiger partial charge in [-0.15, -0.1) is 0 Å². The minimum absolute atomic E-state index is 0.275. The molecule has 4 nitrogen and oxygen atoms in total. The summed E-state index contributed by atoms with van der Waals surface area (Å²) in [5, 5.41) is 19.7. The number of H-pyrrole nitrogens is 1. The number of hydrogen-bond donors (Lipinski definition) is 3. The molecule has 0 fully saturated rings. The van der Waals surface area contributed by atoms with Crippen LogP contribution >= 0.6 is 0 Å². The summed E-state index contributed by atoms with van der Waals surface area (Å²) >= 11 is 0. The number of aromatic hydroxyl groups is 1. The van der Waals surface area contributed by atoms with E-state index in [0.717, 1.165) is 18.5 Å². The maximum atomic E-state index is 9.24. The minimum Gasteiger partial charge on any atom is -0.508 e. The molecule has 4 heteroatoms. The lowest BCUT2D eigenvalue weighted by Gasteiger charge is -2.19. The van der Waals surface area contributed by atoms with Crippen LogP contribution in [0.5, 0.6) is 5.75 Å². The van der Waals surface area contributed by atoms with Crippen LogP contribution in [0.3, 0.4) is 0 Å². The summed E-state index contributed by atoms with van der Waals surface area (Å²) in [6, 6.07) is 10.1. The van der Waals surface area contributed by atoms with E-state index in [4.69, 9.17) is 0 Å². The van der Waals surface area contributed by atoms with Crippen molar-refractivity contribution in [3.63, 3.8) is 0 Å². The van der Waals surface area contributed by atoms with Gasteiger partial charge in [0.05, 0.1) is 5.69 Å². The first-order valence-electron chi connectivity index (χ1n) is 6.68. The van der Waals surface area contributed by atoms with Crippen LogP contribution < -0.4 is 5.32 Å². The highest BCUT2D eigenvalue weighted by molar-refractivity contribution is 5.25. The number of rotatable bonds is 6. The van der Waals surface area contributed by atoms with Crippen LogP contribution in [-0.2, 0) is 6.42 Å². The summed E-state index contributed by atoms with van der Waals surface area (Å²) in [4.78, 5) is 0.